The molecule has 1 N–H and O–H groups in total. The predicted octanol–water partition coefficient (Wildman–Crippen LogP) is 4.07. The van der Waals surface area contributed by atoms with E-state index < -0.39 is 0 Å². The average Bonchev–Trinajstić information content (AvgIpc) is 3.03. The Morgan fingerprint density at radius 1 is 1.04 bits per heavy atom. The van der Waals surface area contributed by atoms with Gasteiger partial charge in [-0.1, -0.05) is 18.2 Å². The van der Waals surface area contributed by atoms with E-state index in [1.807, 2.05) is 23.1 Å². The van der Waals surface area contributed by atoms with Crippen molar-refractivity contribution in [1.82, 2.24) is 0 Å². The van der Waals surface area contributed by atoms with Crippen molar-refractivity contribution in [3.8, 4) is 0 Å². The van der Waals surface area contributed by atoms with Crippen molar-refractivity contribution in [1.29, 1.82) is 0 Å². The molecule has 1 saturated heterocycles. The average molecular weight is 349 g/mol. The molecule has 4 rings (SSSR count). The molecule has 4 heteroatoms. The van der Waals surface area contributed by atoms with Gasteiger partial charge in [0.25, 0.3) is 0 Å². The normalized spacial score (nSPS) is 19.3. The van der Waals surface area contributed by atoms with Crippen molar-refractivity contribution in [3.05, 3.63) is 54.1 Å². The lowest BCUT2D eigenvalue weighted by Gasteiger charge is -2.29. The van der Waals surface area contributed by atoms with E-state index in [2.05, 4.69) is 47.5 Å². The van der Waals surface area contributed by atoms with Crippen molar-refractivity contribution in [2.75, 3.05) is 34.8 Å². The molecule has 2 aromatic rings. The number of carbonyl (C=O) groups is 1. The number of para-hydroxylation sites is 1. The van der Waals surface area contributed by atoms with Crippen LogP contribution in [-0.2, 0) is 11.2 Å². The van der Waals surface area contributed by atoms with Crippen LogP contribution in [-0.4, -0.2) is 31.6 Å². The summed E-state index contributed by atoms with van der Waals surface area (Å²) in [6.45, 7) is 4.74. The molecule has 136 valence electrons. The van der Waals surface area contributed by atoms with Gasteiger partial charge in [0.2, 0.25) is 5.91 Å². The number of rotatable bonds is 4. The van der Waals surface area contributed by atoms with Gasteiger partial charge in [-0.25, -0.2) is 0 Å². The number of carbonyl (C=O) groups excluding carboxylic acids is 1. The van der Waals surface area contributed by atoms with Gasteiger partial charge in [-0.3, -0.25) is 4.79 Å². The molecule has 2 heterocycles. The SMILES string of the molecule is CC1Cc2ccccc2N1C(=O)CNc1ccc(N2CCCCC2)cc1. The van der Waals surface area contributed by atoms with Crippen LogP contribution in [0.1, 0.15) is 31.7 Å². The summed E-state index contributed by atoms with van der Waals surface area (Å²) in [5.41, 5.74) is 4.61. The summed E-state index contributed by atoms with van der Waals surface area (Å²) < 4.78 is 0. The molecule has 2 aliphatic rings. The van der Waals surface area contributed by atoms with Gasteiger partial charge in [-0.15, -0.1) is 0 Å². The number of hydrogen-bond donors (Lipinski definition) is 1. The van der Waals surface area contributed by atoms with E-state index >= 15 is 0 Å². The van der Waals surface area contributed by atoms with Crippen LogP contribution in [0.3, 0.4) is 0 Å². The molecule has 1 unspecified atom stereocenters. The second-order valence-corrected chi connectivity index (χ2v) is 7.39. The summed E-state index contributed by atoms with van der Waals surface area (Å²) >= 11 is 0. The third-order valence-electron chi connectivity index (χ3n) is 5.51. The largest absolute Gasteiger partial charge is 0.376 e. The Kier molecular flexibility index (Phi) is 4.83. The van der Waals surface area contributed by atoms with Gasteiger partial charge < -0.3 is 15.1 Å². The number of nitrogens with zero attached hydrogens (tertiary/aromatic N) is 2. The molecule has 26 heavy (non-hydrogen) atoms. The van der Waals surface area contributed by atoms with Crippen molar-refractivity contribution in [3.63, 3.8) is 0 Å². The standard InChI is InChI=1S/C22H27N3O/c1-17-15-18-7-3-4-8-21(18)25(17)22(26)16-23-19-9-11-20(12-10-19)24-13-5-2-6-14-24/h3-4,7-12,17,23H,2,5-6,13-16H2,1H3. The first-order valence-corrected chi connectivity index (χ1v) is 9.71. The lowest BCUT2D eigenvalue weighted by Crippen LogP contribution is -2.39. The molecule has 0 spiro atoms. The molecule has 1 fully saturated rings. The van der Waals surface area contributed by atoms with Crippen molar-refractivity contribution >= 4 is 23.0 Å². The molecule has 0 radical (unpaired) electrons. The number of fused-ring (bicyclic) bond motifs is 1. The minimum atomic E-state index is 0.127. The summed E-state index contributed by atoms with van der Waals surface area (Å²) in [4.78, 5) is 17.1. The Morgan fingerprint density at radius 3 is 2.54 bits per heavy atom. The molecule has 4 nitrogen and oxygen atoms in total. The third-order valence-corrected chi connectivity index (χ3v) is 5.51. The second kappa shape index (κ2) is 7.40. The molecule has 1 amide bonds. The van der Waals surface area contributed by atoms with Gasteiger partial charge in [0.05, 0.1) is 6.54 Å². The fourth-order valence-electron chi connectivity index (χ4n) is 4.15. The van der Waals surface area contributed by atoms with Gasteiger partial charge in [0.1, 0.15) is 0 Å². The monoisotopic (exact) mass is 349 g/mol. The molecular weight excluding hydrogens is 322 g/mol. The van der Waals surface area contributed by atoms with Crippen molar-refractivity contribution < 1.29 is 4.79 Å². The summed E-state index contributed by atoms with van der Waals surface area (Å²) in [5.74, 6) is 0.127. The van der Waals surface area contributed by atoms with Crippen LogP contribution in [0.5, 0.6) is 0 Å². The Hall–Kier alpha value is -2.49. The topological polar surface area (TPSA) is 35.6 Å². The van der Waals surface area contributed by atoms with E-state index in [-0.39, 0.29) is 11.9 Å². The van der Waals surface area contributed by atoms with E-state index in [9.17, 15) is 4.79 Å². The third kappa shape index (κ3) is 3.41. The minimum Gasteiger partial charge on any atom is -0.376 e. The molecule has 1 atom stereocenters. The number of benzene rings is 2. The Balaban J connectivity index is 1.37. The highest BCUT2D eigenvalue weighted by atomic mass is 16.2. The number of nitrogens with one attached hydrogen (secondary N) is 1. The molecule has 2 aliphatic heterocycles. The number of amides is 1. The quantitative estimate of drug-likeness (QED) is 0.904. The molecule has 0 aliphatic carbocycles. The molecule has 0 aromatic heterocycles. The molecule has 0 bridgehead atoms. The van der Waals surface area contributed by atoms with Gasteiger partial charge in [-0.05, 0) is 68.5 Å². The minimum absolute atomic E-state index is 0.127. The number of piperidine rings is 1. The molecular formula is C22H27N3O. The van der Waals surface area contributed by atoms with Crippen LogP contribution in [0.25, 0.3) is 0 Å². The first-order chi connectivity index (χ1) is 12.7. The van der Waals surface area contributed by atoms with E-state index in [4.69, 9.17) is 0 Å². The highest BCUT2D eigenvalue weighted by Gasteiger charge is 2.30. The van der Waals surface area contributed by atoms with Crippen molar-refractivity contribution in [2.24, 2.45) is 0 Å². The maximum atomic E-state index is 12.8. The Bertz CT molecular complexity index is 765. The van der Waals surface area contributed by atoms with E-state index in [1.165, 1.54) is 30.5 Å². The number of anilines is 3. The fourth-order valence-corrected chi connectivity index (χ4v) is 4.15. The Labute approximate surface area is 155 Å². The Morgan fingerprint density at radius 2 is 1.77 bits per heavy atom. The zero-order valence-electron chi connectivity index (χ0n) is 15.4. The summed E-state index contributed by atoms with van der Waals surface area (Å²) in [7, 11) is 0. The van der Waals surface area contributed by atoms with E-state index in [0.29, 0.717) is 6.54 Å². The highest BCUT2D eigenvalue weighted by Crippen LogP contribution is 2.31. The summed E-state index contributed by atoms with van der Waals surface area (Å²) in [5, 5.41) is 3.29. The predicted molar refractivity (Wildman–Crippen MR) is 108 cm³/mol. The maximum absolute atomic E-state index is 12.8. The van der Waals surface area contributed by atoms with Crippen LogP contribution in [0.15, 0.2) is 48.5 Å². The van der Waals surface area contributed by atoms with Gasteiger partial charge in [0, 0.05) is 36.2 Å². The van der Waals surface area contributed by atoms with Crippen LogP contribution < -0.4 is 15.1 Å². The van der Waals surface area contributed by atoms with Gasteiger partial charge >= 0.3 is 0 Å². The number of hydrogen-bond acceptors (Lipinski definition) is 3. The zero-order chi connectivity index (χ0) is 17.9. The lowest BCUT2D eigenvalue weighted by atomic mass is 10.1. The van der Waals surface area contributed by atoms with E-state index in [0.717, 1.165) is 30.9 Å². The lowest BCUT2D eigenvalue weighted by molar-refractivity contribution is -0.117. The van der Waals surface area contributed by atoms with Crippen LogP contribution in [0.2, 0.25) is 0 Å². The van der Waals surface area contributed by atoms with E-state index in [1.54, 1.807) is 0 Å². The smallest absolute Gasteiger partial charge is 0.246 e. The maximum Gasteiger partial charge on any atom is 0.246 e. The van der Waals surface area contributed by atoms with Crippen LogP contribution in [0, 0.1) is 0 Å². The van der Waals surface area contributed by atoms with Crippen molar-refractivity contribution in [2.45, 2.75) is 38.6 Å². The second-order valence-electron chi connectivity index (χ2n) is 7.39. The summed E-state index contributed by atoms with van der Waals surface area (Å²) in [6.07, 6.45) is 4.84. The van der Waals surface area contributed by atoms with Gasteiger partial charge in [-0.2, -0.15) is 0 Å². The van der Waals surface area contributed by atoms with Crippen LogP contribution in [0.4, 0.5) is 17.1 Å². The van der Waals surface area contributed by atoms with Crippen LogP contribution >= 0.6 is 0 Å². The molecule has 2 aromatic carbocycles. The van der Waals surface area contributed by atoms with Gasteiger partial charge in [0.15, 0.2) is 0 Å². The highest BCUT2D eigenvalue weighted by molar-refractivity contribution is 5.98. The zero-order valence-corrected chi connectivity index (χ0v) is 15.4. The first-order valence-electron chi connectivity index (χ1n) is 9.71. The molecule has 0 saturated carbocycles. The fraction of sp³-hybridized carbons (Fsp3) is 0.409. The summed E-state index contributed by atoms with van der Waals surface area (Å²) in [6, 6.07) is 16.9. The first kappa shape index (κ1) is 17.0.